The molecule has 0 aliphatic heterocycles. The van der Waals surface area contributed by atoms with Crippen molar-refractivity contribution in [3.05, 3.63) is 29.3 Å². The third-order valence-electron chi connectivity index (χ3n) is 3.24. The Bertz CT molecular complexity index is 518. The van der Waals surface area contributed by atoms with Crippen LogP contribution in [-0.4, -0.2) is 55.0 Å². The Morgan fingerprint density at radius 1 is 1.38 bits per heavy atom. The zero-order valence-electron chi connectivity index (χ0n) is 13.0. The van der Waals surface area contributed by atoms with Crippen LogP contribution in [0.5, 0.6) is 5.75 Å². The number of carbonyl (C=O) groups is 1. The molecule has 2 N–H and O–H groups in total. The van der Waals surface area contributed by atoms with Crippen molar-refractivity contribution < 1.29 is 9.53 Å². The zero-order chi connectivity index (χ0) is 16.0. The molecule has 0 radical (unpaired) electrons. The average Bonchev–Trinajstić information content (AvgIpc) is 2.45. The molecule has 6 heteroatoms. The van der Waals surface area contributed by atoms with E-state index in [0.29, 0.717) is 23.8 Å². The Morgan fingerprint density at radius 3 is 2.52 bits per heavy atom. The number of benzene rings is 1. The second kappa shape index (κ2) is 7.95. The van der Waals surface area contributed by atoms with Crippen LogP contribution in [0.25, 0.3) is 0 Å². The fraction of sp³-hybridized carbons (Fsp3) is 0.467. The van der Waals surface area contributed by atoms with E-state index < -0.39 is 0 Å². The molecule has 0 unspecified atom stereocenters. The maximum Gasteiger partial charge on any atom is 0.236 e. The lowest BCUT2D eigenvalue weighted by Gasteiger charge is -2.22. The molecule has 0 atom stereocenters. The monoisotopic (exact) mass is 309 g/mol. The number of methoxy groups -OCH3 is 1. The number of carbonyl (C=O) groups excluding carboxylic acids is 1. The van der Waals surface area contributed by atoms with Gasteiger partial charge in [0.2, 0.25) is 5.91 Å². The van der Waals surface area contributed by atoms with Crippen molar-refractivity contribution in [1.82, 2.24) is 9.80 Å². The summed E-state index contributed by atoms with van der Waals surface area (Å²) in [5.74, 6) is 0.749. The van der Waals surface area contributed by atoms with Crippen molar-refractivity contribution in [2.45, 2.75) is 13.5 Å². The van der Waals surface area contributed by atoms with Crippen LogP contribution in [0.4, 0.5) is 0 Å². The standard InChI is InChI=1S/C15H23N3O2S/c1-5-18(10-14(19)17(2)3)9-11-6-7-12(15(16)21)13(8-11)20-4/h6-8H,5,9-10H2,1-4H3,(H2,16,21). The predicted octanol–water partition coefficient (Wildman–Crippen LogP) is 1.24. The number of rotatable bonds is 7. The van der Waals surface area contributed by atoms with E-state index in [9.17, 15) is 4.79 Å². The van der Waals surface area contributed by atoms with Gasteiger partial charge >= 0.3 is 0 Å². The quantitative estimate of drug-likeness (QED) is 0.768. The van der Waals surface area contributed by atoms with Crippen LogP contribution in [0, 0.1) is 0 Å². The van der Waals surface area contributed by atoms with E-state index in [1.165, 1.54) is 0 Å². The van der Waals surface area contributed by atoms with E-state index in [-0.39, 0.29) is 5.91 Å². The van der Waals surface area contributed by atoms with Gasteiger partial charge in [-0.1, -0.05) is 25.2 Å². The van der Waals surface area contributed by atoms with Crippen LogP contribution in [0.1, 0.15) is 18.1 Å². The lowest BCUT2D eigenvalue weighted by molar-refractivity contribution is -0.130. The third kappa shape index (κ3) is 4.99. The summed E-state index contributed by atoms with van der Waals surface area (Å²) in [5, 5.41) is 0. The number of likely N-dealkylation sites (N-methyl/N-ethyl adjacent to an activating group) is 2. The number of amides is 1. The number of nitrogens with zero attached hydrogens (tertiary/aromatic N) is 2. The van der Waals surface area contributed by atoms with E-state index in [1.54, 1.807) is 26.1 Å². The van der Waals surface area contributed by atoms with Gasteiger partial charge in [0.1, 0.15) is 10.7 Å². The molecule has 0 saturated heterocycles. The maximum atomic E-state index is 11.8. The lowest BCUT2D eigenvalue weighted by Crippen LogP contribution is -2.36. The van der Waals surface area contributed by atoms with Gasteiger partial charge < -0.3 is 15.4 Å². The molecule has 0 saturated carbocycles. The van der Waals surface area contributed by atoms with Crippen molar-refractivity contribution in [2.75, 3.05) is 34.3 Å². The SMILES string of the molecule is CCN(CC(=O)N(C)C)Cc1ccc(C(N)=S)c(OC)c1. The first-order chi connectivity index (χ1) is 9.88. The molecule has 1 aromatic rings. The summed E-state index contributed by atoms with van der Waals surface area (Å²) in [6.45, 7) is 3.88. The molecular weight excluding hydrogens is 286 g/mol. The van der Waals surface area contributed by atoms with Gasteiger partial charge in [0.25, 0.3) is 0 Å². The van der Waals surface area contributed by atoms with Gasteiger partial charge in [-0.25, -0.2) is 0 Å². The largest absolute Gasteiger partial charge is 0.496 e. The summed E-state index contributed by atoms with van der Waals surface area (Å²) in [4.78, 5) is 15.8. The minimum Gasteiger partial charge on any atom is -0.496 e. The zero-order valence-corrected chi connectivity index (χ0v) is 13.9. The van der Waals surface area contributed by atoms with Crippen LogP contribution in [0.15, 0.2) is 18.2 Å². The molecule has 0 heterocycles. The van der Waals surface area contributed by atoms with Crippen LogP contribution >= 0.6 is 12.2 Å². The maximum absolute atomic E-state index is 11.8. The molecule has 0 bridgehead atoms. The van der Waals surface area contributed by atoms with E-state index in [0.717, 1.165) is 17.7 Å². The van der Waals surface area contributed by atoms with Gasteiger partial charge in [-0.2, -0.15) is 0 Å². The highest BCUT2D eigenvalue weighted by Crippen LogP contribution is 2.21. The Morgan fingerprint density at radius 2 is 2.05 bits per heavy atom. The Labute approximate surface area is 131 Å². The molecule has 0 aliphatic rings. The van der Waals surface area contributed by atoms with E-state index in [1.807, 2.05) is 25.1 Å². The molecule has 0 fully saturated rings. The topological polar surface area (TPSA) is 58.8 Å². The third-order valence-corrected chi connectivity index (χ3v) is 3.46. The van der Waals surface area contributed by atoms with Gasteiger partial charge in [0.05, 0.1) is 19.2 Å². The number of nitrogens with two attached hydrogens (primary N) is 1. The first-order valence-corrected chi connectivity index (χ1v) is 7.19. The minimum atomic E-state index is 0.0866. The average molecular weight is 309 g/mol. The highest BCUT2D eigenvalue weighted by molar-refractivity contribution is 7.80. The van der Waals surface area contributed by atoms with E-state index in [2.05, 4.69) is 4.90 Å². The van der Waals surface area contributed by atoms with Crippen molar-refractivity contribution in [3.63, 3.8) is 0 Å². The molecule has 5 nitrogen and oxygen atoms in total. The summed E-state index contributed by atoms with van der Waals surface area (Å²) in [6.07, 6.45) is 0. The van der Waals surface area contributed by atoms with Crippen LogP contribution in [0.2, 0.25) is 0 Å². The van der Waals surface area contributed by atoms with Crippen LogP contribution in [-0.2, 0) is 11.3 Å². The van der Waals surface area contributed by atoms with Crippen molar-refractivity contribution in [1.29, 1.82) is 0 Å². The van der Waals surface area contributed by atoms with Gasteiger partial charge in [0.15, 0.2) is 0 Å². The molecule has 1 amide bonds. The highest BCUT2D eigenvalue weighted by Gasteiger charge is 2.13. The summed E-state index contributed by atoms with van der Waals surface area (Å²) in [5.41, 5.74) is 7.44. The van der Waals surface area contributed by atoms with Gasteiger partial charge in [-0.05, 0) is 24.2 Å². The first-order valence-electron chi connectivity index (χ1n) is 6.78. The number of thiocarbonyl (C=S) groups is 1. The molecule has 0 spiro atoms. The summed E-state index contributed by atoms with van der Waals surface area (Å²) in [7, 11) is 5.11. The Balaban J connectivity index is 2.85. The second-order valence-corrected chi connectivity index (χ2v) is 5.43. The molecule has 0 aromatic heterocycles. The van der Waals surface area contributed by atoms with Crippen molar-refractivity contribution in [3.8, 4) is 5.75 Å². The summed E-state index contributed by atoms with van der Waals surface area (Å²) < 4.78 is 5.32. The Hall–Kier alpha value is -1.66. The second-order valence-electron chi connectivity index (χ2n) is 4.99. The van der Waals surface area contributed by atoms with Crippen molar-refractivity contribution in [2.24, 2.45) is 5.73 Å². The number of ether oxygens (including phenoxy) is 1. The number of hydrogen-bond donors (Lipinski definition) is 1. The highest BCUT2D eigenvalue weighted by atomic mass is 32.1. The van der Waals surface area contributed by atoms with Crippen LogP contribution in [0.3, 0.4) is 0 Å². The van der Waals surface area contributed by atoms with Gasteiger partial charge in [-0.3, -0.25) is 9.69 Å². The molecular formula is C15H23N3O2S. The minimum absolute atomic E-state index is 0.0866. The van der Waals surface area contributed by atoms with Crippen LogP contribution < -0.4 is 10.5 Å². The summed E-state index contributed by atoms with van der Waals surface area (Å²) >= 11 is 4.99. The lowest BCUT2D eigenvalue weighted by atomic mass is 10.1. The molecule has 0 aliphatic carbocycles. The molecule has 1 rings (SSSR count). The molecule has 21 heavy (non-hydrogen) atoms. The fourth-order valence-electron chi connectivity index (χ4n) is 1.91. The van der Waals surface area contributed by atoms with E-state index in [4.69, 9.17) is 22.7 Å². The fourth-order valence-corrected chi connectivity index (χ4v) is 2.08. The van der Waals surface area contributed by atoms with E-state index >= 15 is 0 Å². The predicted molar refractivity (Wildman–Crippen MR) is 88.5 cm³/mol. The summed E-state index contributed by atoms with van der Waals surface area (Å²) in [6, 6.07) is 5.73. The Kier molecular flexibility index (Phi) is 6.58. The molecule has 116 valence electrons. The molecule has 1 aromatic carbocycles. The van der Waals surface area contributed by atoms with Gasteiger partial charge in [-0.15, -0.1) is 0 Å². The van der Waals surface area contributed by atoms with Crippen molar-refractivity contribution >= 4 is 23.1 Å². The normalized spacial score (nSPS) is 10.5. The smallest absolute Gasteiger partial charge is 0.236 e. The van der Waals surface area contributed by atoms with Gasteiger partial charge in [0, 0.05) is 20.6 Å². The number of hydrogen-bond acceptors (Lipinski definition) is 4. The first kappa shape index (κ1) is 17.4.